The van der Waals surface area contributed by atoms with Crippen molar-refractivity contribution in [3.05, 3.63) is 53.6 Å². The molecule has 0 bridgehead atoms. The number of ether oxygens (including phenoxy) is 3. The molecule has 1 atom stereocenters. The minimum absolute atomic E-state index is 0.0926. The van der Waals surface area contributed by atoms with E-state index in [2.05, 4.69) is 5.32 Å². The monoisotopic (exact) mass is 357 g/mol. The number of benzene rings is 2. The molecule has 0 saturated heterocycles. The number of hydrogen-bond acceptors (Lipinski definition) is 4. The maximum atomic E-state index is 12.4. The van der Waals surface area contributed by atoms with E-state index in [9.17, 15) is 4.79 Å². The topological polar surface area (TPSA) is 56.8 Å². The van der Waals surface area contributed by atoms with Crippen molar-refractivity contribution < 1.29 is 19.0 Å². The lowest BCUT2D eigenvalue weighted by atomic mass is 10.1. The number of methoxy groups -OCH3 is 1. The van der Waals surface area contributed by atoms with Crippen molar-refractivity contribution >= 4 is 5.91 Å². The number of carbonyl (C=O) groups is 1. The third-order valence-electron chi connectivity index (χ3n) is 4.05. The van der Waals surface area contributed by atoms with E-state index in [1.165, 1.54) is 0 Å². The molecule has 0 fully saturated rings. The average molecular weight is 357 g/mol. The molecule has 0 aliphatic carbocycles. The number of nitrogens with one attached hydrogen (secondary N) is 1. The predicted octanol–water partition coefficient (Wildman–Crippen LogP) is 4.20. The lowest BCUT2D eigenvalue weighted by molar-refractivity contribution is 0.0939. The number of hydrogen-bond donors (Lipinski definition) is 1. The van der Waals surface area contributed by atoms with Crippen molar-refractivity contribution in [3.63, 3.8) is 0 Å². The minimum atomic E-state index is -0.0926. The number of rotatable bonds is 9. The van der Waals surface area contributed by atoms with Crippen molar-refractivity contribution in [2.45, 2.75) is 39.8 Å². The fraction of sp³-hybridized carbons (Fsp3) is 0.381. The smallest absolute Gasteiger partial charge is 0.251 e. The van der Waals surface area contributed by atoms with E-state index in [0.29, 0.717) is 24.5 Å². The standard InChI is InChI=1S/C21H27NO4/c1-5-15(3)22-21(23)16-10-11-20(25-6-2)17(12-16)14-26-19-9-7-8-18(13-19)24-4/h7-13,15H,5-6,14H2,1-4H3,(H,22,23)/t15-/m1/s1. The van der Waals surface area contributed by atoms with Crippen molar-refractivity contribution in [3.8, 4) is 17.2 Å². The highest BCUT2D eigenvalue weighted by atomic mass is 16.5. The van der Waals surface area contributed by atoms with Gasteiger partial charge in [-0.3, -0.25) is 4.79 Å². The Morgan fingerprint density at radius 3 is 2.54 bits per heavy atom. The molecule has 0 aliphatic heterocycles. The summed E-state index contributed by atoms with van der Waals surface area (Å²) in [5.74, 6) is 2.05. The molecule has 26 heavy (non-hydrogen) atoms. The van der Waals surface area contributed by atoms with Crippen LogP contribution in [-0.2, 0) is 6.61 Å². The Kier molecular flexibility index (Phi) is 7.33. The Morgan fingerprint density at radius 2 is 1.85 bits per heavy atom. The molecule has 0 spiro atoms. The van der Waals surface area contributed by atoms with E-state index in [1.54, 1.807) is 13.2 Å². The molecule has 2 aromatic carbocycles. The van der Waals surface area contributed by atoms with Gasteiger partial charge in [-0.05, 0) is 50.6 Å². The molecule has 140 valence electrons. The van der Waals surface area contributed by atoms with Gasteiger partial charge in [-0.1, -0.05) is 13.0 Å². The summed E-state index contributed by atoms with van der Waals surface area (Å²) in [5.41, 5.74) is 1.42. The van der Waals surface area contributed by atoms with Gasteiger partial charge in [-0.15, -0.1) is 0 Å². The molecule has 1 N–H and O–H groups in total. The van der Waals surface area contributed by atoms with Gasteiger partial charge in [0.1, 0.15) is 23.9 Å². The highest BCUT2D eigenvalue weighted by molar-refractivity contribution is 5.94. The van der Waals surface area contributed by atoms with E-state index in [0.717, 1.165) is 23.5 Å². The van der Waals surface area contributed by atoms with Crippen LogP contribution in [0.4, 0.5) is 0 Å². The summed E-state index contributed by atoms with van der Waals surface area (Å²) in [6.45, 7) is 6.80. The van der Waals surface area contributed by atoms with E-state index in [4.69, 9.17) is 14.2 Å². The minimum Gasteiger partial charge on any atom is -0.497 e. The van der Waals surface area contributed by atoms with Crippen LogP contribution >= 0.6 is 0 Å². The maximum Gasteiger partial charge on any atom is 0.251 e. The van der Waals surface area contributed by atoms with Crippen LogP contribution in [0.3, 0.4) is 0 Å². The van der Waals surface area contributed by atoms with Gasteiger partial charge in [0.25, 0.3) is 5.91 Å². The van der Waals surface area contributed by atoms with Crippen LogP contribution < -0.4 is 19.5 Å². The third-order valence-corrected chi connectivity index (χ3v) is 4.05. The molecule has 0 saturated carbocycles. The van der Waals surface area contributed by atoms with Crippen LogP contribution in [0.1, 0.15) is 43.1 Å². The molecule has 2 aromatic rings. The van der Waals surface area contributed by atoms with Gasteiger partial charge in [0, 0.05) is 23.2 Å². The zero-order valence-electron chi connectivity index (χ0n) is 15.9. The fourth-order valence-electron chi connectivity index (χ4n) is 2.39. The van der Waals surface area contributed by atoms with E-state index >= 15 is 0 Å². The summed E-state index contributed by atoms with van der Waals surface area (Å²) < 4.78 is 16.7. The second kappa shape index (κ2) is 9.70. The zero-order valence-corrected chi connectivity index (χ0v) is 15.9. The van der Waals surface area contributed by atoms with Gasteiger partial charge in [0.15, 0.2) is 0 Å². The summed E-state index contributed by atoms with van der Waals surface area (Å²) in [7, 11) is 1.62. The first-order valence-electron chi connectivity index (χ1n) is 8.90. The van der Waals surface area contributed by atoms with Gasteiger partial charge in [0.05, 0.1) is 13.7 Å². The molecule has 2 rings (SSSR count). The van der Waals surface area contributed by atoms with Gasteiger partial charge < -0.3 is 19.5 Å². The Hall–Kier alpha value is -2.69. The second-order valence-corrected chi connectivity index (χ2v) is 6.01. The fourth-order valence-corrected chi connectivity index (χ4v) is 2.39. The van der Waals surface area contributed by atoms with Crippen LogP contribution in [0, 0.1) is 0 Å². The summed E-state index contributed by atoms with van der Waals surface area (Å²) in [4.78, 5) is 12.4. The SMILES string of the molecule is CCOc1ccc(C(=O)N[C@H](C)CC)cc1COc1cccc(OC)c1. The molecule has 0 radical (unpaired) electrons. The van der Waals surface area contributed by atoms with Crippen LogP contribution in [-0.4, -0.2) is 25.7 Å². The van der Waals surface area contributed by atoms with Crippen LogP contribution in [0.25, 0.3) is 0 Å². The first kappa shape index (κ1) is 19.6. The van der Waals surface area contributed by atoms with Crippen molar-refractivity contribution in [1.29, 1.82) is 0 Å². The van der Waals surface area contributed by atoms with E-state index < -0.39 is 0 Å². The largest absolute Gasteiger partial charge is 0.497 e. The van der Waals surface area contributed by atoms with Crippen LogP contribution in [0.15, 0.2) is 42.5 Å². The lowest BCUT2D eigenvalue weighted by Gasteiger charge is -2.15. The lowest BCUT2D eigenvalue weighted by Crippen LogP contribution is -2.32. The Labute approximate surface area is 155 Å². The highest BCUT2D eigenvalue weighted by Crippen LogP contribution is 2.24. The zero-order chi connectivity index (χ0) is 18.9. The van der Waals surface area contributed by atoms with E-state index in [-0.39, 0.29) is 11.9 Å². The molecular weight excluding hydrogens is 330 g/mol. The summed E-state index contributed by atoms with van der Waals surface area (Å²) >= 11 is 0. The first-order chi connectivity index (χ1) is 12.6. The van der Waals surface area contributed by atoms with Gasteiger partial charge in [-0.25, -0.2) is 0 Å². The predicted molar refractivity (Wildman–Crippen MR) is 102 cm³/mol. The molecule has 5 nitrogen and oxygen atoms in total. The van der Waals surface area contributed by atoms with Crippen LogP contribution in [0.5, 0.6) is 17.2 Å². The normalized spacial score (nSPS) is 11.5. The van der Waals surface area contributed by atoms with E-state index in [1.807, 2.05) is 57.2 Å². The number of carbonyl (C=O) groups excluding carboxylic acids is 1. The van der Waals surface area contributed by atoms with Gasteiger partial charge in [0.2, 0.25) is 0 Å². The van der Waals surface area contributed by atoms with Crippen molar-refractivity contribution in [2.75, 3.05) is 13.7 Å². The summed E-state index contributed by atoms with van der Waals surface area (Å²) in [6.07, 6.45) is 0.884. The molecular formula is C21H27NO4. The average Bonchev–Trinajstić information content (AvgIpc) is 2.67. The molecule has 5 heteroatoms. The Balaban J connectivity index is 2.17. The summed E-state index contributed by atoms with van der Waals surface area (Å²) in [6, 6.07) is 13.0. The maximum absolute atomic E-state index is 12.4. The number of amides is 1. The molecule has 0 heterocycles. The van der Waals surface area contributed by atoms with Crippen LogP contribution in [0.2, 0.25) is 0 Å². The second-order valence-electron chi connectivity index (χ2n) is 6.01. The van der Waals surface area contributed by atoms with Crippen molar-refractivity contribution in [1.82, 2.24) is 5.32 Å². The summed E-state index contributed by atoms with van der Waals surface area (Å²) in [5, 5.41) is 2.98. The molecule has 1 amide bonds. The molecule has 0 unspecified atom stereocenters. The first-order valence-corrected chi connectivity index (χ1v) is 8.90. The quantitative estimate of drug-likeness (QED) is 0.731. The Bertz CT molecular complexity index is 730. The third kappa shape index (κ3) is 5.41. The molecule has 0 aliphatic rings. The van der Waals surface area contributed by atoms with Gasteiger partial charge >= 0.3 is 0 Å². The molecule has 0 aromatic heterocycles. The van der Waals surface area contributed by atoms with Gasteiger partial charge in [-0.2, -0.15) is 0 Å². The Morgan fingerprint density at radius 1 is 1.08 bits per heavy atom. The van der Waals surface area contributed by atoms with Crippen molar-refractivity contribution in [2.24, 2.45) is 0 Å². The highest BCUT2D eigenvalue weighted by Gasteiger charge is 2.13.